The van der Waals surface area contributed by atoms with Crippen LogP contribution in [0.3, 0.4) is 0 Å². The lowest BCUT2D eigenvalue weighted by molar-refractivity contribution is -0.139. The summed E-state index contributed by atoms with van der Waals surface area (Å²) in [4.78, 5) is 31.7. The predicted octanol–water partition coefficient (Wildman–Crippen LogP) is 0.133. The fourth-order valence-electron chi connectivity index (χ4n) is 3.79. The van der Waals surface area contributed by atoms with Crippen LogP contribution in [0.2, 0.25) is 0 Å². The van der Waals surface area contributed by atoms with Gasteiger partial charge in [-0.1, -0.05) is 36.4 Å². The molecule has 2 atom stereocenters. The molecule has 2 heterocycles. The predicted molar refractivity (Wildman–Crippen MR) is 124 cm³/mol. The standard InChI is InChI=1S/C22H28N6O4S/c1-33(31,32)27-18(12-15-6-3-2-4-7-15)22(30)28-11-5-8-19(28)21(29)26-14-16-9-10-17(20(23)24)25-13-16/h2-4,6-7,9-10,13,18-19,27H,5,8,11-12,14H2,1H3,(H3,23,24)(H,26,29)/t18-,19+/m1/s1. The number of pyridine rings is 1. The number of carbonyl (C=O) groups excluding carboxylic acids is 2. The normalized spacial score (nSPS) is 16.9. The maximum absolute atomic E-state index is 13.3. The molecule has 176 valence electrons. The molecule has 1 aromatic heterocycles. The molecule has 3 rings (SSSR count). The lowest BCUT2D eigenvalue weighted by Crippen LogP contribution is -2.54. The Morgan fingerprint density at radius 2 is 1.94 bits per heavy atom. The summed E-state index contributed by atoms with van der Waals surface area (Å²) in [6, 6.07) is 10.8. The van der Waals surface area contributed by atoms with Crippen LogP contribution in [0.15, 0.2) is 48.7 Å². The molecule has 0 spiro atoms. The van der Waals surface area contributed by atoms with Gasteiger partial charge in [-0.05, 0) is 36.5 Å². The number of hydrogen-bond acceptors (Lipinski definition) is 6. The summed E-state index contributed by atoms with van der Waals surface area (Å²) in [5.41, 5.74) is 7.28. The number of amides is 2. The molecule has 0 radical (unpaired) electrons. The van der Waals surface area contributed by atoms with Gasteiger partial charge in [-0.25, -0.2) is 13.1 Å². The Balaban J connectivity index is 1.68. The quantitative estimate of drug-likeness (QED) is 0.300. The minimum Gasteiger partial charge on any atom is -0.382 e. The Bertz CT molecular complexity index is 1110. The number of hydrogen-bond donors (Lipinski definition) is 4. The van der Waals surface area contributed by atoms with E-state index < -0.39 is 28.0 Å². The summed E-state index contributed by atoms with van der Waals surface area (Å²) in [7, 11) is -3.64. The molecule has 0 aliphatic carbocycles. The Morgan fingerprint density at radius 3 is 2.55 bits per heavy atom. The van der Waals surface area contributed by atoms with Gasteiger partial charge in [0.1, 0.15) is 23.6 Å². The van der Waals surface area contributed by atoms with Gasteiger partial charge in [0.15, 0.2) is 0 Å². The second-order valence-electron chi connectivity index (χ2n) is 8.01. The number of sulfonamides is 1. The first-order chi connectivity index (χ1) is 15.6. The molecule has 1 aliphatic rings. The molecular formula is C22H28N6O4S. The van der Waals surface area contributed by atoms with E-state index in [0.717, 1.165) is 17.4 Å². The topological polar surface area (TPSA) is 158 Å². The molecule has 2 aromatic rings. The summed E-state index contributed by atoms with van der Waals surface area (Å²) in [5.74, 6) is -0.873. The summed E-state index contributed by atoms with van der Waals surface area (Å²) >= 11 is 0. The number of nitrogen functional groups attached to an aromatic ring is 1. The molecule has 11 heteroatoms. The van der Waals surface area contributed by atoms with Gasteiger partial charge in [0.05, 0.1) is 6.26 Å². The van der Waals surface area contributed by atoms with Gasteiger partial charge in [-0.15, -0.1) is 0 Å². The zero-order valence-electron chi connectivity index (χ0n) is 18.3. The SMILES string of the molecule is CS(=O)(=O)N[C@H](Cc1ccccc1)C(=O)N1CCC[C@H]1C(=O)NCc1ccc(C(=N)N)nc1. The Morgan fingerprint density at radius 1 is 1.21 bits per heavy atom. The van der Waals surface area contributed by atoms with Gasteiger partial charge in [-0.3, -0.25) is 20.0 Å². The van der Waals surface area contributed by atoms with Crippen molar-refractivity contribution in [2.45, 2.75) is 37.9 Å². The van der Waals surface area contributed by atoms with Crippen molar-refractivity contribution in [1.82, 2.24) is 19.9 Å². The van der Waals surface area contributed by atoms with E-state index in [-0.39, 0.29) is 24.7 Å². The van der Waals surface area contributed by atoms with E-state index in [2.05, 4.69) is 15.0 Å². The molecule has 2 amide bonds. The second kappa shape index (κ2) is 10.5. The molecule has 1 aromatic carbocycles. The number of benzene rings is 1. The average Bonchev–Trinajstić information content (AvgIpc) is 3.26. The van der Waals surface area contributed by atoms with E-state index >= 15 is 0 Å². The van der Waals surface area contributed by atoms with Gasteiger partial charge < -0.3 is 16.0 Å². The third-order valence-corrected chi connectivity index (χ3v) is 6.06. The van der Waals surface area contributed by atoms with E-state index in [1.54, 1.807) is 12.1 Å². The van der Waals surface area contributed by atoms with Gasteiger partial charge >= 0.3 is 0 Å². The molecule has 1 saturated heterocycles. The number of carbonyl (C=O) groups is 2. The van der Waals surface area contributed by atoms with Gasteiger partial charge in [0, 0.05) is 19.3 Å². The third kappa shape index (κ3) is 6.83. The fraction of sp³-hybridized carbons (Fsp3) is 0.364. The Kier molecular flexibility index (Phi) is 7.77. The molecular weight excluding hydrogens is 444 g/mol. The lowest BCUT2D eigenvalue weighted by Gasteiger charge is -2.28. The molecule has 0 saturated carbocycles. The van der Waals surface area contributed by atoms with Gasteiger partial charge in [-0.2, -0.15) is 0 Å². The minimum absolute atomic E-state index is 0.140. The van der Waals surface area contributed by atoms with Crippen LogP contribution in [0.25, 0.3) is 0 Å². The smallest absolute Gasteiger partial charge is 0.243 e. The van der Waals surface area contributed by atoms with Crippen molar-refractivity contribution in [3.8, 4) is 0 Å². The molecule has 5 N–H and O–H groups in total. The molecule has 0 bridgehead atoms. The van der Waals surface area contributed by atoms with Gasteiger partial charge in [0.25, 0.3) is 0 Å². The van der Waals surface area contributed by atoms with Crippen molar-refractivity contribution in [3.05, 3.63) is 65.5 Å². The first-order valence-electron chi connectivity index (χ1n) is 10.5. The summed E-state index contributed by atoms with van der Waals surface area (Å²) in [6.45, 7) is 0.583. The van der Waals surface area contributed by atoms with Crippen molar-refractivity contribution in [1.29, 1.82) is 5.41 Å². The van der Waals surface area contributed by atoms with E-state index in [4.69, 9.17) is 11.1 Å². The van der Waals surface area contributed by atoms with Crippen molar-refractivity contribution >= 4 is 27.7 Å². The highest BCUT2D eigenvalue weighted by molar-refractivity contribution is 7.88. The van der Waals surface area contributed by atoms with E-state index in [9.17, 15) is 18.0 Å². The van der Waals surface area contributed by atoms with Crippen molar-refractivity contribution in [2.24, 2.45) is 5.73 Å². The summed E-state index contributed by atoms with van der Waals surface area (Å²) in [5, 5.41) is 10.2. The molecule has 1 fully saturated rings. The van der Waals surface area contributed by atoms with E-state index in [0.29, 0.717) is 25.1 Å². The number of aromatic nitrogens is 1. The highest BCUT2D eigenvalue weighted by Crippen LogP contribution is 2.20. The molecule has 10 nitrogen and oxygen atoms in total. The van der Waals surface area contributed by atoms with Gasteiger partial charge in [0.2, 0.25) is 21.8 Å². The van der Waals surface area contributed by atoms with Crippen LogP contribution in [0, 0.1) is 5.41 Å². The average molecular weight is 473 g/mol. The molecule has 0 unspecified atom stereocenters. The summed E-state index contributed by atoms with van der Waals surface area (Å²) < 4.78 is 26.2. The lowest BCUT2D eigenvalue weighted by atomic mass is 10.1. The number of amidine groups is 1. The number of rotatable bonds is 9. The second-order valence-corrected chi connectivity index (χ2v) is 9.79. The zero-order chi connectivity index (χ0) is 24.0. The van der Waals surface area contributed by atoms with Crippen LogP contribution >= 0.6 is 0 Å². The third-order valence-electron chi connectivity index (χ3n) is 5.34. The Labute approximate surface area is 193 Å². The van der Waals surface area contributed by atoms with Crippen molar-refractivity contribution in [3.63, 3.8) is 0 Å². The van der Waals surface area contributed by atoms with E-state index in [1.165, 1.54) is 11.1 Å². The Hall–Kier alpha value is -3.31. The number of nitrogens with one attached hydrogen (secondary N) is 3. The first kappa shape index (κ1) is 24.3. The maximum atomic E-state index is 13.3. The van der Waals surface area contributed by atoms with Crippen LogP contribution < -0.4 is 15.8 Å². The zero-order valence-corrected chi connectivity index (χ0v) is 19.1. The van der Waals surface area contributed by atoms with Crippen LogP contribution in [0.4, 0.5) is 0 Å². The first-order valence-corrected chi connectivity index (χ1v) is 12.4. The largest absolute Gasteiger partial charge is 0.382 e. The van der Waals surface area contributed by atoms with Crippen LogP contribution in [0.1, 0.15) is 29.7 Å². The monoisotopic (exact) mass is 472 g/mol. The molecule has 33 heavy (non-hydrogen) atoms. The highest BCUT2D eigenvalue weighted by Gasteiger charge is 2.37. The minimum atomic E-state index is -3.64. The van der Waals surface area contributed by atoms with Crippen molar-refractivity contribution in [2.75, 3.05) is 12.8 Å². The summed E-state index contributed by atoms with van der Waals surface area (Å²) in [6.07, 6.45) is 3.87. The maximum Gasteiger partial charge on any atom is 0.243 e. The number of nitrogens with zero attached hydrogens (tertiary/aromatic N) is 2. The van der Waals surface area contributed by atoms with Crippen LogP contribution in [-0.4, -0.2) is 60.8 Å². The van der Waals surface area contributed by atoms with E-state index in [1.807, 2.05) is 30.3 Å². The number of nitrogens with two attached hydrogens (primary N) is 1. The fourth-order valence-corrected chi connectivity index (χ4v) is 4.49. The highest BCUT2D eigenvalue weighted by atomic mass is 32.2. The molecule has 1 aliphatic heterocycles. The van der Waals surface area contributed by atoms with Crippen molar-refractivity contribution < 1.29 is 18.0 Å². The van der Waals surface area contributed by atoms with Crippen LogP contribution in [0.5, 0.6) is 0 Å². The number of likely N-dealkylation sites (tertiary alicyclic amines) is 1. The van der Waals surface area contributed by atoms with Crippen LogP contribution in [-0.2, 0) is 32.6 Å².